The lowest BCUT2D eigenvalue weighted by Gasteiger charge is -2.04. The van der Waals surface area contributed by atoms with Crippen molar-refractivity contribution in [2.24, 2.45) is 0 Å². The highest BCUT2D eigenvalue weighted by Crippen LogP contribution is 2.21. The lowest BCUT2D eigenvalue weighted by Crippen LogP contribution is -1.99. The topological polar surface area (TPSA) is 55.4 Å². The number of anilines is 1. The van der Waals surface area contributed by atoms with Gasteiger partial charge in [0.25, 0.3) is 0 Å². The van der Waals surface area contributed by atoms with Gasteiger partial charge >= 0.3 is 0 Å². The van der Waals surface area contributed by atoms with E-state index < -0.39 is 0 Å². The van der Waals surface area contributed by atoms with Crippen molar-refractivity contribution in [3.63, 3.8) is 0 Å². The monoisotopic (exact) mass is 214 g/mol. The third-order valence-corrected chi connectivity index (χ3v) is 2.43. The highest BCUT2D eigenvalue weighted by molar-refractivity contribution is 5.68. The molecule has 3 aromatic rings. The van der Waals surface area contributed by atoms with Gasteiger partial charge in [-0.3, -0.25) is 0 Å². The maximum atomic E-state index is 5.05. The van der Waals surface area contributed by atoms with Crippen molar-refractivity contribution in [1.29, 1.82) is 0 Å². The number of imidazole rings is 1. The molecule has 0 aliphatic carbocycles. The van der Waals surface area contributed by atoms with Crippen LogP contribution in [0.1, 0.15) is 0 Å². The van der Waals surface area contributed by atoms with Crippen LogP contribution < -0.4 is 5.32 Å². The normalized spacial score (nSPS) is 10.8. The minimum atomic E-state index is 0.753. The summed E-state index contributed by atoms with van der Waals surface area (Å²) in [5.74, 6) is 0.753. The van der Waals surface area contributed by atoms with Crippen molar-refractivity contribution >= 4 is 11.5 Å². The van der Waals surface area contributed by atoms with E-state index in [1.54, 1.807) is 18.7 Å². The Balaban J connectivity index is 2.27. The summed E-state index contributed by atoms with van der Waals surface area (Å²) in [6, 6.07) is 1.88. The lowest BCUT2D eigenvalue weighted by molar-refractivity contribution is 0.568. The molecule has 16 heavy (non-hydrogen) atoms. The highest BCUT2D eigenvalue weighted by atomic mass is 16.3. The van der Waals surface area contributed by atoms with E-state index in [1.165, 1.54) is 0 Å². The smallest absolute Gasteiger partial charge is 0.180 e. The van der Waals surface area contributed by atoms with E-state index in [4.69, 9.17) is 4.42 Å². The van der Waals surface area contributed by atoms with E-state index >= 15 is 0 Å². The maximum absolute atomic E-state index is 5.05. The average Bonchev–Trinajstić information content (AvgIpc) is 2.97. The Labute approximate surface area is 91.8 Å². The van der Waals surface area contributed by atoms with Gasteiger partial charge in [0.15, 0.2) is 11.5 Å². The molecule has 5 heteroatoms. The van der Waals surface area contributed by atoms with Crippen LogP contribution in [0.4, 0.5) is 5.82 Å². The number of furan rings is 1. The van der Waals surface area contributed by atoms with E-state index in [-0.39, 0.29) is 0 Å². The second-order valence-electron chi connectivity index (χ2n) is 3.39. The van der Waals surface area contributed by atoms with E-state index in [2.05, 4.69) is 15.3 Å². The van der Waals surface area contributed by atoms with E-state index in [1.807, 2.05) is 29.9 Å². The van der Waals surface area contributed by atoms with Gasteiger partial charge in [-0.1, -0.05) is 0 Å². The minimum absolute atomic E-state index is 0.753. The summed E-state index contributed by atoms with van der Waals surface area (Å²) < 4.78 is 6.98. The van der Waals surface area contributed by atoms with Gasteiger partial charge in [0.05, 0.1) is 18.2 Å². The summed E-state index contributed by atoms with van der Waals surface area (Å²) in [5, 5.41) is 3.03. The molecule has 0 unspecified atom stereocenters. The molecule has 0 aliphatic heterocycles. The van der Waals surface area contributed by atoms with Crippen LogP contribution in [0.25, 0.3) is 16.9 Å². The first kappa shape index (κ1) is 8.96. The van der Waals surface area contributed by atoms with Gasteiger partial charge < -0.3 is 14.1 Å². The maximum Gasteiger partial charge on any atom is 0.180 e. The van der Waals surface area contributed by atoms with Gasteiger partial charge in [-0.2, -0.15) is 0 Å². The van der Waals surface area contributed by atoms with Crippen molar-refractivity contribution in [1.82, 2.24) is 14.4 Å². The molecule has 0 spiro atoms. The van der Waals surface area contributed by atoms with Crippen molar-refractivity contribution < 1.29 is 4.42 Å². The first-order chi connectivity index (χ1) is 7.88. The fourth-order valence-corrected chi connectivity index (χ4v) is 1.65. The van der Waals surface area contributed by atoms with Crippen LogP contribution in [0.3, 0.4) is 0 Å². The number of aromatic nitrogens is 3. The summed E-state index contributed by atoms with van der Waals surface area (Å²) in [5.41, 5.74) is 2.62. The first-order valence-electron chi connectivity index (χ1n) is 4.92. The first-order valence-corrected chi connectivity index (χ1v) is 4.92. The molecule has 0 atom stereocenters. The summed E-state index contributed by atoms with van der Waals surface area (Å²) >= 11 is 0. The van der Waals surface area contributed by atoms with Crippen LogP contribution in [0.2, 0.25) is 0 Å². The molecule has 0 radical (unpaired) electrons. The zero-order valence-corrected chi connectivity index (χ0v) is 8.71. The Morgan fingerprint density at radius 2 is 2.38 bits per heavy atom. The molecule has 0 amide bonds. The second-order valence-corrected chi connectivity index (χ2v) is 3.39. The van der Waals surface area contributed by atoms with Gasteiger partial charge in [0.1, 0.15) is 0 Å². The molecule has 3 aromatic heterocycles. The fraction of sp³-hybridized carbons (Fsp3) is 0.0909. The molecular formula is C11H10N4O. The predicted octanol–water partition coefficient (Wildman–Crippen LogP) is 2.03. The van der Waals surface area contributed by atoms with Gasteiger partial charge in [-0.25, -0.2) is 9.97 Å². The summed E-state index contributed by atoms with van der Waals surface area (Å²) in [6.45, 7) is 0. The Morgan fingerprint density at radius 1 is 1.44 bits per heavy atom. The van der Waals surface area contributed by atoms with Crippen molar-refractivity contribution in [3.8, 4) is 11.3 Å². The Bertz CT molecular complexity index is 612. The van der Waals surface area contributed by atoms with Gasteiger partial charge in [-0.15, -0.1) is 0 Å². The van der Waals surface area contributed by atoms with Crippen LogP contribution in [-0.2, 0) is 0 Å². The zero-order valence-electron chi connectivity index (χ0n) is 8.71. The van der Waals surface area contributed by atoms with E-state index in [9.17, 15) is 0 Å². The minimum Gasteiger partial charge on any atom is -0.472 e. The highest BCUT2D eigenvalue weighted by Gasteiger charge is 2.08. The molecule has 3 rings (SSSR count). The molecule has 1 N–H and O–H groups in total. The molecule has 0 saturated carbocycles. The summed E-state index contributed by atoms with van der Waals surface area (Å²) in [4.78, 5) is 8.71. The van der Waals surface area contributed by atoms with Crippen molar-refractivity contribution in [2.45, 2.75) is 0 Å². The summed E-state index contributed by atoms with van der Waals surface area (Å²) in [6.07, 6.45) is 8.87. The van der Waals surface area contributed by atoms with Gasteiger partial charge in [0.2, 0.25) is 0 Å². The molecule has 0 aliphatic rings. The van der Waals surface area contributed by atoms with Crippen LogP contribution in [0.15, 0.2) is 41.6 Å². The van der Waals surface area contributed by atoms with E-state index in [0.29, 0.717) is 0 Å². The zero-order chi connectivity index (χ0) is 11.0. The number of hydrogen-bond donors (Lipinski definition) is 1. The number of rotatable bonds is 2. The predicted molar refractivity (Wildman–Crippen MR) is 60.2 cm³/mol. The number of nitrogens with one attached hydrogen (secondary N) is 1. The molecule has 80 valence electrons. The standard InChI is InChI=1S/C11H10N4O/c1-12-10-11-13-3-4-15(11)6-9(14-10)8-2-5-16-7-8/h2-7H,1H3,(H,12,14). The molecule has 0 bridgehead atoms. The van der Waals surface area contributed by atoms with E-state index in [0.717, 1.165) is 22.7 Å². The molecule has 3 heterocycles. The van der Waals surface area contributed by atoms with Crippen LogP contribution in [0.5, 0.6) is 0 Å². The summed E-state index contributed by atoms with van der Waals surface area (Å²) in [7, 11) is 1.83. The molecule has 0 fully saturated rings. The number of fused-ring (bicyclic) bond motifs is 1. The van der Waals surface area contributed by atoms with Crippen LogP contribution >= 0.6 is 0 Å². The average molecular weight is 214 g/mol. The van der Waals surface area contributed by atoms with Gasteiger partial charge in [-0.05, 0) is 6.07 Å². The van der Waals surface area contributed by atoms with Crippen LogP contribution in [-0.4, -0.2) is 21.4 Å². The third-order valence-electron chi connectivity index (χ3n) is 2.43. The SMILES string of the molecule is CNc1nc(-c2ccoc2)cn2ccnc12. The molecule has 0 aromatic carbocycles. The van der Waals surface area contributed by atoms with Crippen molar-refractivity contribution in [2.75, 3.05) is 12.4 Å². The number of hydrogen-bond acceptors (Lipinski definition) is 4. The fourth-order valence-electron chi connectivity index (χ4n) is 1.65. The Morgan fingerprint density at radius 3 is 3.12 bits per heavy atom. The Hall–Kier alpha value is -2.30. The molecule has 5 nitrogen and oxygen atoms in total. The lowest BCUT2D eigenvalue weighted by atomic mass is 10.2. The molecular weight excluding hydrogens is 204 g/mol. The second kappa shape index (κ2) is 3.37. The van der Waals surface area contributed by atoms with Crippen LogP contribution in [0, 0.1) is 0 Å². The largest absolute Gasteiger partial charge is 0.472 e. The van der Waals surface area contributed by atoms with Crippen molar-refractivity contribution in [3.05, 3.63) is 37.2 Å². The Kier molecular flexibility index (Phi) is 1.89. The third kappa shape index (κ3) is 1.25. The number of nitrogens with zero attached hydrogens (tertiary/aromatic N) is 3. The van der Waals surface area contributed by atoms with Gasteiger partial charge in [0, 0.05) is 31.2 Å². The molecule has 0 saturated heterocycles. The quantitative estimate of drug-likeness (QED) is 0.709.